The van der Waals surface area contributed by atoms with Gasteiger partial charge in [-0.25, -0.2) is 0 Å². The Morgan fingerprint density at radius 1 is 1.00 bits per heavy atom. The number of carbonyl (C=O) groups excluding carboxylic acids is 4. The molecule has 2 aromatic rings. The number of amides is 4. The third-order valence-electron chi connectivity index (χ3n) is 7.74. The zero-order chi connectivity index (χ0) is 28.5. The minimum absolute atomic E-state index is 0.00756. The molecule has 1 aliphatic heterocycles. The monoisotopic (exact) mass is 545 g/mol. The number of rotatable bonds is 13. The van der Waals surface area contributed by atoms with E-state index in [1.54, 1.807) is 12.0 Å². The molecule has 0 spiro atoms. The zero-order valence-electron chi connectivity index (χ0n) is 23.4. The number of ether oxygens (including phenoxy) is 1. The molecule has 4 rings (SSSR count). The summed E-state index contributed by atoms with van der Waals surface area (Å²) in [6.07, 6.45) is 7.06. The number of imide groups is 1. The lowest BCUT2D eigenvalue weighted by Gasteiger charge is -2.32. The van der Waals surface area contributed by atoms with Gasteiger partial charge >= 0.3 is 0 Å². The molecular formula is C32H39N3O5. The molecule has 0 unspecified atom stereocenters. The first-order chi connectivity index (χ1) is 19.4. The molecular weight excluding hydrogens is 506 g/mol. The number of fused-ring (bicyclic) bond motifs is 1. The Morgan fingerprint density at radius 3 is 2.33 bits per heavy atom. The Labute approximate surface area is 236 Å². The van der Waals surface area contributed by atoms with Crippen LogP contribution in [0.4, 0.5) is 0 Å². The second-order valence-corrected chi connectivity index (χ2v) is 10.5. The molecule has 4 amide bonds. The first kappa shape index (κ1) is 29.1. The van der Waals surface area contributed by atoms with Crippen molar-refractivity contribution in [3.8, 4) is 5.75 Å². The summed E-state index contributed by atoms with van der Waals surface area (Å²) in [4.78, 5) is 56.3. The molecule has 1 aliphatic carbocycles. The number of unbranched alkanes of at least 4 members (excludes halogenated alkanes) is 1. The number of hydrogen-bond acceptors (Lipinski definition) is 5. The van der Waals surface area contributed by atoms with Gasteiger partial charge in [-0.2, -0.15) is 0 Å². The van der Waals surface area contributed by atoms with Crippen LogP contribution >= 0.6 is 0 Å². The molecule has 1 saturated heterocycles. The van der Waals surface area contributed by atoms with Crippen molar-refractivity contribution in [3.05, 3.63) is 77.9 Å². The van der Waals surface area contributed by atoms with Crippen molar-refractivity contribution < 1.29 is 23.9 Å². The van der Waals surface area contributed by atoms with Gasteiger partial charge in [-0.1, -0.05) is 68.0 Å². The highest BCUT2D eigenvalue weighted by atomic mass is 16.5. The van der Waals surface area contributed by atoms with Gasteiger partial charge in [-0.05, 0) is 42.5 Å². The summed E-state index contributed by atoms with van der Waals surface area (Å²) in [6.45, 7) is 2.77. The predicted molar refractivity (Wildman–Crippen MR) is 152 cm³/mol. The number of likely N-dealkylation sites (tertiary alicyclic amines) is 1. The highest BCUT2D eigenvalue weighted by Crippen LogP contribution is 2.35. The first-order valence-electron chi connectivity index (χ1n) is 14.2. The van der Waals surface area contributed by atoms with Crippen LogP contribution in [0.25, 0.3) is 0 Å². The van der Waals surface area contributed by atoms with Gasteiger partial charge < -0.3 is 15.0 Å². The highest BCUT2D eigenvalue weighted by molar-refractivity contribution is 6.05. The molecule has 8 nitrogen and oxygen atoms in total. The first-order valence-corrected chi connectivity index (χ1v) is 14.2. The Morgan fingerprint density at radius 2 is 1.68 bits per heavy atom. The fourth-order valence-corrected chi connectivity index (χ4v) is 5.47. The normalized spacial score (nSPS) is 18.8. The summed E-state index contributed by atoms with van der Waals surface area (Å²) in [5, 5.41) is 3.01. The Hall–Kier alpha value is -3.94. The van der Waals surface area contributed by atoms with E-state index in [2.05, 4.69) is 12.2 Å². The third-order valence-corrected chi connectivity index (χ3v) is 7.74. The summed E-state index contributed by atoms with van der Waals surface area (Å²) >= 11 is 0. The standard InChI is InChI=1S/C32H39N3O5/c1-3-4-18-33-30(37)28(21-23-11-6-5-7-12-23)35(22-24-13-10-14-25(20-24)40-2)29(36)17-19-34-31(38)26-15-8-9-16-27(26)32(34)39/h5-14,20,26-28H,3-4,15-19,21-22H2,1-2H3,(H,33,37)/t26-,27+,28-/m0/s1. The summed E-state index contributed by atoms with van der Waals surface area (Å²) in [5.74, 6) is -0.941. The van der Waals surface area contributed by atoms with Gasteiger partial charge in [0.15, 0.2) is 0 Å². The molecule has 1 fully saturated rings. The number of benzene rings is 2. The number of methoxy groups -OCH3 is 1. The number of nitrogens with one attached hydrogen (secondary N) is 1. The highest BCUT2D eigenvalue weighted by Gasteiger charge is 2.47. The van der Waals surface area contributed by atoms with E-state index in [9.17, 15) is 19.2 Å². The van der Waals surface area contributed by atoms with Gasteiger partial charge in [0.25, 0.3) is 0 Å². The van der Waals surface area contributed by atoms with Crippen LogP contribution in [-0.4, -0.2) is 59.7 Å². The lowest BCUT2D eigenvalue weighted by molar-refractivity contribution is -0.144. The van der Waals surface area contributed by atoms with Crippen LogP contribution in [0.1, 0.15) is 50.2 Å². The SMILES string of the molecule is CCCCNC(=O)[C@H](Cc1ccccc1)N(Cc1cccc(OC)c1)C(=O)CCN1C(=O)[C@H]2CC=CC[C@H]2C1=O. The second-order valence-electron chi connectivity index (χ2n) is 10.5. The maximum absolute atomic E-state index is 13.9. The summed E-state index contributed by atoms with van der Waals surface area (Å²) in [6, 6.07) is 16.3. The van der Waals surface area contributed by atoms with Gasteiger partial charge in [0.2, 0.25) is 23.6 Å². The van der Waals surface area contributed by atoms with E-state index in [0.29, 0.717) is 31.6 Å². The predicted octanol–water partition coefficient (Wildman–Crippen LogP) is 3.89. The number of hydrogen-bond donors (Lipinski definition) is 1. The molecule has 1 heterocycles. The Bertz CT molecular complexity index is 1200. The van der Waals surface area contributed by atoms with Crippen molar-refractivity contribution in [1.29, 1.82) is 0 Å². The topological polar surface area (TPSA) is 96.0 Å². The van der Waals surface area contributed by atoms with Crippen LogP contribution in [0.2, 0.25) is 0 Å². The quantitative estimate of drug-likeness (QED) is 0.234. The minimum atomic E-state index is -0.769. The van der Waals surface area contributed by atoms with Crippen LogP contribution in [-0.2, 0) is 32.1 Å². The number of nitrogens with zero attached hydrogens (tertiary/aromatic N) is 2. The molecule has 0 aromatic heterocycles. The van der Waals surface area contributed by atoms with E-state index in [1.807, 2.05) is 66.7 Å². The molecule has 3 atom stereocenters. The number of allylic oxidation sites excluding steroid dienone is 2. The van der Waals surface area contributed by atoms with Crippen molar-refractivity contribution in [2.45, 2.75) is 58.0 Å². The van der Waals surface area contributed by atoms with E-state index >= 15 is 0 Å². The second kappa shape index (κ2) is 13.9. The van der Waals surface area contributed by atoms with Gasteiger partial charge in [0, 0.05) is 32.5 Å². The Kier molecular flexibility index (Phi) is 10.1. The molecule has 2 aromatic carbocycles. The fraction of sp³-hybridized carbons (Fsp3) is 0.438. The van der Waals surface area contributed by atoms with Crippen molar-refractivity contribution >= 4 is 23.6 Å². The minimum Gasteiger partial charge on any atom is -0.497 e. The van der Waals surface area contributed by atoms with Crippen LogP contribution in [0.3, 0.4) is 0 Å². The molecule has 0 saturated carbocycles. The Balaban J connectivity index is 1.58. The van der Waals surface area contributed by atoms with Crippen LogP contribution in [0.5, 0.6) is 5.75 Å². The maximum Gasteiger partial charge on any atom is 0.243 e. The maximum atomic E-state index is 13.9. The average molecular weight is 546 g/mol. The van der Waals surface area contributed by atoms with E-state index in [0.717, 1.165) is 24.0 Å². The smallest absolute Gasteiger partial charge is 0.243 e. The van der Waals surface area contributed by atoms with E-state index in [1.165, 1.54) is 4.90 Å². The largest absolute Gasteiger partial charge is 0.497 e. The van der Waals surface area contributed by atoms with Gasteiger partial charge in [-0.3, -0.25) is 24.1 Å². The van der Waals surface area contributed by atoms with Crippen molar-refractivity contribution in [2.24, 2.45) is 11.8 Å². The fourth-order valence-electron chi connectivity index (χ4n) is 5.47. The lowest BCUT2D eigenvalue weighted by atomic mass is 9.85. The van der Waals surface area contributed by atoms with E-state index < -0.39 is 6.04 Å². The van der Waals surface area contributed by atoms with Crippen LogP contribution in [0, 0.1) is 11.8 Å². The summed E-state index contributed by atoms with van der Waals surface area (Å²) < 4.78 is 5.38. The van der Waals surface area contributed by atoms with E-state index in [4.69, 9.17) is 4.74 Å². The van der Waals surface area contributed by atoms with Crippen molar-refractivity contribution in [3.63, 3.8) is 0 Å². The summed E-state index contributed by atoms with van der Waals surface area (Å²) in [5.41, 5.74) is 1.75. The molecule has 40 heavy (non-hydrogen) atoms. The third kappa shape index (κ3) is 6.97. The van der Waals surface area contributed by atoms with Crippen LogP contribution in [0.15, 0.2) is 66.7 Å². The molecule has 8 heteroatoms. The van der Waals surface area contributed by atoms with Gasteiger partial charge in [-0.15, -0.1) is 0 Å². The molecule has 1 N–H and O–H groups in total. The van der Waals surface area contributed by atoms with Crippen molar-refractivity contribution in [1.82, 2.24) is 15.1 Å². The molecule has 212 valence electrons. The molecule has 0 bridgehead atoms. The zero-order valence-corrected chi connectivity index (χ0v) is 23.4. The average Bonchev–Trinajstić information content (AvgIpc) is 3.23. The lowest BCUT2D eigenvalue weighted by Crippen LogP contribution is -2.51. The van der Waals surface area contributed by atoms with Crippen LogP contribution < -0.4 is 10.1 Å². The van der Waals surface area contributed by atoms with E-state index in [-0.39, 0.29) is 55.0 Å². The molecule has 0 radical (unpaired) electrons. The van der Waals surface area contributed by atoms with Gasteiger partial charge in [0.05, 0.1) is 18.9 Å². The van der Waals surface area contributed by atoms with Gasteiger partial charge in [0.1, 0.15) is 11.8 Å². The molecule has 2 aliphatic rings. The number of carbonyl (C=O) groups is 4. The van der Waals surface area contributed by atoms with Crippen molar-refractivity contribution in [2.75, 3.05) is 20.2 Å². The summed E-state index contributed by atoms with van der Waals surface area (Å²) in [7, 11) is 1.58.